The van der Waals surface area contributed by atoms with Gasteiger partial charge in [0.05, 0.1) is 6.10 Å². The number of hydrogen-bond donors (Lipinski definition) is 3. The number of phenols is 1. The van der Waals surface area contributed by atoms with Crippen LogP contribution in [0.5, 0.6) is 5.75 Å². The molecule has 1 aromatic carbocycles. The molecule has 3 N–H and O–H groups in total. The quantitative estimate of drug-likeness (QED) is 0.735. The van der Waals surface area contributed by atoms with E-state index >= 15 is 0 Å². The van der Waals surface area contributed by atoms with Crippen LogP contribution in [0.1, 0.15) is 25.8 Å². The number of aliphatic hydroxyl groups is 1. The van der Waals surface area contributed by atoms with Crippen LogP contribution >= 0.6 is 12.4 Å². The molecular formula is C13H22ClNO2. The Bertz CT molecular complexity index is 318. The van der Waals surface area contributed by atoms with E-state index in [1.54, 1.807) is 12.1 Å². The number of para-hydroxylation sites is 1. The van der Waals surface area contributed by atoms with E-state index in [2.05, 4.69) is 19.2 Å². The van der Waals surface area contributed by atoms with E-state index in [0.717, 1.165) is 12.0 Å². The van der Waals surface area contributed by atoms with Crippen molar-refractivity contribution in [3.63, 3.8) is 0 Å². The molecule has 0 aliphatic rings. The van der Waals surface area contributed by atoms with Gasteiger partial charge in [-0.05, 0) is 18.4 Å². The molecule has 0 amide bonds. The molecule has 0 radical (unpaired) electrons. The molecule has 0 aliphatic heterocycles. The number of benzene rings is 1. The average molecular weight is 260 g/mol. The monoisotopic (exact) mass is 259 g/mol. The van der Waals surface area contributed by atoms with Crippen LogP contribution in [0.4, 0.5) is 0 Å². The molecule has 0 saturated carbocycles. The van der Waals surface area contributed by atoms with E-state index in [9.17, 15) is 10.2 Å². The van der Waals surface area contributed by atoms with Gasteiger partial charge >= 0.3 is 0 Å². The van der Waals surface area contributed by atoms with Crippen LogP contribution in [0.25, 0.3) is 0 Å². The summed E-state index contributed by atoms with van der Waals surface area (Å²) >= 11 is 0. The summed E-state index contributed by atoms with van der Waals surface area (Å²) in [5.74, 6) is 0.801. The highest BCUT2D eigenvalue weighted by atomic mass is 35.5. The molecule has 1 rings (SSSR count). The summed E-state index contributed by atoms with van der Waals surface area (Å²) in [5, 5.41) is 22.3. The van der Waals surface area contributed by atoms with Crippen LogP contribution in [-0.2, 0) is 6.54 Å². The predicted molar refractivity (Wildman–Crippen MR) is 72.5 cm³/mol. The van der Waals surface area contributed by atoms with E-state index in [-0.39, 0.29) is 18.5 Å². The molecule has 4 heteroatoms. The second kappa shape index (κ2) is 8.34. The molecule has 0 saturated heterocycles. The van der Waals surface area contributed by atoms with Crippen LogP contribution in [-0.4, -0.2) is 22.9 Å². The average Bonchev–Trinajstić information content (AvgIpc) is 2.19. The highest BCUT2D eigenvalue weighted by Gasteiger charge is 2.06. The van der Waals surface area contributed by atoms with Gasteiger partial charge in [0.1, 0.15) is 5.75 Å². The Kier molecular flexibility index (Phi) is 7.96. The molecule has 0 aliphatic carbocycles. The predicted octanol–water partition coefficient (Wildman–Crippen LogP) is 2.31. The fourth-order valence-electron chi connectivity index (χ4n) is 1.66. The van der Waals surface area contributed by atoms with Crippen molar-refractivity contribution >= 4 is 12.4 Å². The lowest BCUT2D eigenvalue weighted by molar-refractivity contribution is 0.146. The minimum atomic E-state index is -0.314. The Morgan fingerprint density at radius 1 is 1.24 bits per heavy atom. The zero-order valence-electron chi connectivity index (χ0n) is 10.4. The van der Waals surface area contributed by atoms with E-state index < -0.39 is 0 Å². The van der Waals surface area contributed by atoms with Crippen molar-refractivity contribution in [1.82, 2.24) is 5.32 Å². The second-order valence-corrected chi connectivity index (χ2v) is 4.54. The topological polar surface area (TPSA) is 52.5 Å². The number of aromatic hydroxyl groups is 1. The van der Waals surface area contributed by atoms with E-state index in [1.807, 2.05) is 12.1 Å². The molecule has 0 heterocycles. The Balaban J connectivity index is 0.00000256. The highest BCUT2D eigenvalue weighted by Crippen LogP contribution is 2.14. The number of halogens is 1. The summed E-state index contributed by atoms with van der Waals surface area (Å²) in [4.78, 5) is 0. The van der Waals surface area contributed by atoms with Gasteiger partial charge in [-0.3, -0.25) is 0 Å². The summed E-state index contributed by atoms with van der Waals surface area (Å²) in [5.41, 5.74) is 0.860. The molecule has 98 valence electrons. The minimum absolute atomic E-state index is 0. The van der Waals surface area contributed by atoms with Gasteiger partial charge in [-0.2, -0.15) is 0 Å². The highest BCUT2D eigenvalue weighted by molar-refractivity contribution is 5.85. The van der Waals surface area contributed by atoms with Crippen molar-refractivity contribution in [1.29, 1.82) is 0 Å². The van der Waals surface area contributed by atoms with Crippen LogP contribution < -0.4 is 5.32 Å². The number of rotatable bonds is 6. The van der Waals surface area contributed by atoms with Gasteiger partial charge in [-0.1, -0.05) is 32.0 Å². The molecule has 0 aromatic heterocycles. The van der Waals surface area contributed by atoms with Crippen LogP contribution in [0.2, 0.25) is 0 Å². The minimum Gasteiger partial charge on any atom is -0.508 e. The molecule has 0 spiro atoms. The molecular weight excluding hydrogens is 238 g/mol. The van der Waals surface area contributed by atoms with Crippen molar-refractivity contribution in [3.05, 3.63) is 29.8 Å². The van der Waals surface area contributed by atoms with Gasteiger partial charge in [0.25, 0.3) is 0 Å². The van der Waals surface area contributed by atoms with Crippen molar-refractivity contribution in [2.75, 3.05) is 6.54 Å². The fourth-order valence-corrected chi connectivity index (χ4v) is 1.66. The molecule has 1 aromatic rings. The zero-order valence-corrected chi connectivity index (χ0v) is 11.2. The maximum absolute atomic E-state index is 9.64. The largest absolute Gasteiger partial charge is 0.508 e. The number of hydrogen-bond acceptors (Lipinski definition) is 3. The van der Waals surface area contributed by atoms with Gasteiger partial charge in [0.15, 0.2) is 0 Å². The Hall–Kier alpha value is -0.770. The van der Waals surface area contributed by atoms with Crippen molar-refractivity contribution in [2.45, 2.75) is 32.9 Å². The Morgan fingerprint density at radius 3 is 2.47 bits per heavy atom. The van der Waals surface area contributed by atoms with E-state index in [4.69, 9.17) is 0 Å². The van der Waals surface area contributed by atoms with Crippen LogP contribution in [0, 0.1) is 5.92 Å². The molecule has 0 bridgehead atoms. The first-order chi connectivity index (χ1) is 7.59. The first-order valence-electron chi connectivity index (χ1n) is 5.75. The van der Waals surface area contributed by atoms with Gasteiger partial charge < -0.3 is 15.5 Å². The summed E-state index contributed by atoms with van der Waals surface area (Å²) in [6.45, 7) is 5.33. The molecule has 17 heavy (non-hydrogen) atoms. The van der Waals surface area contributed by atoms with Gasteiger partial charge in [-0.15, -0.1) is 12.4 Å². The maximum atomic E-state index is 9.64. The first-order valence-corrected chi connectivity index (χ1v) is 5.75. The summed E-state index contributed by atoms with van der Waals surface area (Å²) in [6.07, 6.45) is 0.485. The van der Waals surface area contributed by atoms with E-state index in [1.165, 1.54) is 0 Å². The lowest BCUT2D eigenvalue weighted by Crippen LogP contribution is -2.27. The normalized spacial score (nSPS) is 12.2. The third-order valence-corrected chi connectivity index (χ3v) is 2.43. The van der Waals surface area contributed by atoms with Gasteiger partial charge in [0.2, 0.25) is 0 Å². The summed E-state index contributed by atoms with van der Waals surface area (Å²) < 4.78 is 0. The summed E-state index contributed by atoms with van der Waals surface area (Å²) in [6, 6.07) is 7.23. The van der Waals surface area contributed by atoms with Gasteiger partial charge in [0, 0.05) is 18.7 Å². The van der Waals surface area contributed by atoms with Crippen molar-refractivity contribution in [3.8, 4) is 5.75 Å². The maximum Gasteiger partial charge on any atom is 0.120 e. The molecule has 0 fully saturated rings. The third kappa shape index (κ3) is 6.51. The molecule has 1 atom stereocenters. The van der Waals surface area contributed by atoms with Crippen molar-refractivity contribution in [2.24, 2.45) is 5.92 Å². The van der Waals surface area contributed by atoms with Gasteiger partial charge in [-0.25, -0.2) is 0 Å². The first kappa shape index (κ1) is 16.2. The number of aliphatic hydroxyl groups excluding tert-OH is 1. The summed E-state index contributed by atoms with van der Waals surface area (Å²) in [7, 11) is 0. The second-order valence-electron chi connectivity index (χ2n) is 4.54. The van der Waals surface area contributed by atoms with Crippen molar-refractivity contribution < 1.29 is 10.2 Å². The molecule has 3 nitrogen and oxygen atoms in total. The lowest BCUT2D eigenvalue weighted by Gasteiger charge is -2.14. The smallest absolute Gasteiger partial charge is 0.120 e. The third-order valence-electron chi connectivity index (χ3n) is 2.43. The van der Waals surface area contributed by atoms with Crippen LogP contribution in [0.15, 0.2) is 24.3 Å². The van der Waals surface area contributed by atoms with Crippen LogP contribution in [0.3, 0.4) is 0 Å². The molecule has 1 unspecified atom stereocenters. The SMILES string of the molecule is CC(C)CC(O)CNCc1ccccc1O.Cl. The lowest BCUT2D eigenvalue weighted by atomic mass is 10.1. The Morgan fingerprint density at radius 2 is 1.88 bits per heavy atom. The number of phenolic OH excluding ortho intramolecular Hbond substituents is 1. The fraction of sp³-hybridized carbons (Fsp3) is 0.538. The van der Waals surface area contributed by atoms with E-state index in [0.29, 0.717) is 24.8 Å². The standard InChI is InChI=1S/C13H21NO2.ClH/c1-10(2)7-12(15)9-14-8-11-5-3-4-6-13(11)16;/h3-6,10,12,14-16H,7-9H2,1-2H3;1H. The Labute approximate surface area is 109 Å². The number of nitrogens with one attached hydrogen (secondary N) is 1. The zero-order chi connectivity index (χ0) is 12.0.